The maximum atomic E-state index is 12.7. The monoisotopic (exact) mass is 460 g/mol. The summed E-state index contributed by atoms with van der Waals surface area (Å²) in [4.78, 5) is 49.1. The van der Waals surface area contributed by atoms with Gasteiger partial charge in [0.25, 0.3) is 0 Å². The number of hydrogen-bond donors (Lipinski definition) is 1. The molecule has 1 N–H and O–H groups in total. The number of carbonyl (C=O) groups excluding carboxylic acids is 4. The first-order valence-corrected chi connectivity index (χ1v) is 10.5. The molecule has 1 aromatic heterocycles. The fourth-order valence-corrected chi connectivity index (χ4v) is 2.91. The number of nitrogens with one attached hydrogen (secondary N) is 1. The summed E-state index contributed by atoms with van der Waals surface area (Å²) in [6, 6.07) is 9.41. The zero-order valence-corrected chi connectivity index (χ0v) is 18.9. The van der Waals surface area contributed by atoms with Gasteiger partial charge < -0.3 is 28.8 Å². The first-order chi connectivity index (χ1) is 15.9. The summed E-state index contributed by atoms with van der Waals surface area (Å²) in [7, 11) is 1.22. The zero-order chi connectivity index (χ0) is 24.2. The second-order valence-corrected chi connectivity index (χ2v) is 6.76. The zero-order valence-electron chi connectivity index (χ0n) is 18.9. The topological polar surface area (TPSA) is 122 Å². The van der Waals surface area contributed by atoms with Gasteiger partial charge in [-0.05, 0) is 19.4 Å². The van der Waals surface area contributed by atoms with Gasteiger partial charge in [0.1, 0.15) is 18.1 Å². The predicted molar refractivity (Wildman–Crippen MR) is 117 cm³/mol. The standard InChI is InChI=1S/C23H28N2O8/c1-4-32-22(28)17-13-25(15-31-14-16-9-7-6-8-10-16)21(20(17)23(29)33-5-2)24-18(26)11-12-19(27)30-3/h6-10,13H,4-5,11-12,14-15H2,1-3H3,(H,24,26). The van der Waals surface area contributed by atoms with Crippen LogP contribution in [0.15, 0.2) is 36.5 Å². The quantitative estimate of drug-likeness (QED) is 0.379. The Kier molecular flexibility index (Phi) is 10.1. The van der Waals surface area contributed by atoms with Gasteiger partial charge in [-0.1, -0.05) is 30.3 Å². The summed E-state index contributed by atoms with van der Waals surface area (Å²) in [5, 5.41) is 2.59. The number of aromatic nitrogens is 1. The molecule has 0 bridgehead atoms. The van der Waals surface area contributed by atoms with E-state index in [4.69, 9.17) is 14.2 Å². The Morgan fingerprint density at radius 1 is 0.939 bits per heavy atom. The molecule has 10 nitrogen and oxygen atoms in total. The van der Waals surface area contributed by atoms with Gasteiger partial charge in [0, 0.05) is 12.6 Å². The van der Waals surface area contributed by atoms with Crippen molar-refractivity contribution in [3.63, 3.8) is 0 Å². The number of methoxy groups -OCH3 is 1. The molecular weight excluding hydrogens is 432 g/mol. The van der Waals surface area contributed by atoms with Gasteiger partial charge in [0.15, 0.2) is 0 Å². The molecule has 10 heteroatoms. The maximum Gasteiger partial charge on any atom is 0.342 e. The number of anilines is 1. The van der Waals surface area contributed by atoms with Crippen molar-refractivity contribution in [2.75, 3.05) is 25.6 Å². The summed E-state index contributed by atoms with van der Waals surface area (Å²) in [5.74, 6) is -2.63. The minimum atomic E-state index is -0.800. The Morgan fingerprint density at radius 3 is 2.24 bits per heavy atom. The van der Waals surface area contributed by atoms with Crippen molar-refractivity contribution in [1.29, 1.82) is 0 Å². The third-order valence-corrected chi connectivity index (χ3v) is 4.44. The molecule has 1 amide bonds. The molecule has 0 aliphatic carbocycles. The van der Waals surface area contributed by atoms with Crippen LogP contribution < -0.4 is 5.32 Å². The van der Waals surface area contributed by atoms with Crippen LogP contribution >= 0.6 is 0 Å². The van der Waals surface area contributed by atoms with Crippen LogP contribution in [0.3, 0.4) is 0 Å². The Bertz CT molecular complexity index is 968. The summed E-state index contributed by atoms with van der Waals surface area (Å²) in [6.07, 6.45) is 1.04. The molecule has 2 rings (SSSR count). The molecule has 0 unspecified atom stereocenters. The van der Waals surface area contributed by atoms with Gasteiger partial charge in [-0.25, -0.2) is 9.59 Å². The Morgan fingerprint density at radius 2 is 1.61 bits per heavy atom. The second-order valence-electron chi connectivity index (χ2n) is 6.76. The average molecular weight is 460 g/mol. The number of nitrogens with zero attached hydrogens (tertiary/aromatic N) is 1. The summed E-state index contributed by atoms with van der Waals surface area (Å²) in [5.41, 5.74) is 0.705. The molecule has 2 aromatic rings. The maximum absolute atomic E-state index is 12.7. The molecule has 0 spiro atoms. The average Bonchev–Trinajstić information content (AvgIpc) is 3.16. The third-order valence-electron chi connectivity index (χ3n) is 4.44. The summed E-state index contributed by atoms with van der Waals surface area (Å²) >= 11 is 0. The number of hydrogen-bond acceptors (Lipinski definition) is 8. The molecule has 0 saturated carbocycles. The first kappa shape index (κ1) is 25.6. The van der Waals surface area contributed by atoms with Crippen LogP contribution in [0.25, 0.3) is 0 Å². The number of carbonyl (C=O) groups is 4. The van der Waals surface area contributed by atoms with Crippen molar-refractivity contribution in [3.05, 3.63) is 53.2 Å². The van der Waals surface area contributed by atoms with Crippen molar-refractivity contribution in [2.45, 2.75) is 40.0 Å². The van der Waals surface area contributed by atoms with Crippen LogP contribution in [0.2, 0.25) is 0 Å². The van der Waals surface area contributed by atoms with E-state index in [9.17, 15) is 19.2 Å². The van der Waals surface area contributed by atoms with Crippen molar-refractivity contribution < 1.29 is 38.1 Å². The van der Waals surface area contributed by atoms with Gasteiger partial charge in [0.2, 0.25) is 5.91 Å². The van der Waals surface area contributed by atoms with Crippen molar-refractivity contribution in [3.8, 4) is 0 Å². The Hall–Kier alpha value is -3.66. The first-order valence-electron chi connectivity index (χ1n) is 10.5. The summed E-state index contributed by atoms with van der Waals surface area (Å²) < 4.78 is 21.8. The lowest BCUT2D eigenvalue weighted by molar-refractivity contribution is -0.141. The normalized spacial score (nSPS) is 10.4. The van der Waals surface area contributed by atoms with Gasteiger partial charge in [-0.15, -0.1) is 0 Å². The Labute approximate surface area is 191 Å². The van der Waals surface area contributed by atoms with E-state index in [2.05, 4.69) is 10.1 Å². The van der Waals surface area contributed by atoms with Crippen LogP contribution in [0.1, 0.15) is 53.0 Å². The fraction of sp³-hybridized carbons (Fsp3) is 0.391. The lowest BCUT2D eigenvalue weighted by Crippen LogP contribution is -2.20. The predicted octanol–water partition coefficient (Wildman–Crippen LogP) is 2.91. The van der Waals surface area contributed by atoms with Crippen LogP contribution in [0.5, 0.6) is 0 Å². The molecule has 0 fully saturated rings. The largest absolute Gasteiger partial charge is 0.469 e. The van der Waals surface area contributed by atoms with E-state index in [1.807, 2.05) is 30.3 Å². The highest BCUT2D eigenvalue weighted by atomic mass is 16.5. The van der Waals surface area contributed by atoms with Crippen LogP contribution in [0.4, 0.5) is 5.82 Å². The smallest absolute Gasteiger partial charge is 0.342 e. The minimum Gasteiger partial charge on any atom is -0.469 e. The second kappa shape index (κ2) is 13.0. The SMILES string of the molecule is CCOC(=O)c1cn(COCc2ccccc2)c(NC(=O)CCC(=O)OC)c1C(=O)OCC. The number of esters is 3. The van der Waals surface area contributed by atoms with E-state index in [0.717, 1.165) is 5.56 Å². The minimum absolute atomic E-state index is 0.0134. The van der Waals surface area contributed by atoms with Crippen LogP contribution in [-0.4, -0.2) is 48.7 Å². The molecule has 1 heterocycles. The number of ether oxygens (including phenoxy) is 4. The lowest BCUT2D eigenvalue weighted by atomic mass is 10.2. The Balaban J connectivity index is 2.35. The molecule has 178 valence electrons. The van der Waals surface area contributed by atoms with Gasteiger partial charge in [-0.2, -0.15) is 0 Å². The third kappa shape index (κ3) is 7.46. The van der Waals surface area contributed by atoms with Gasteiger partial charge >= 0.3 is 17.9 Å². The molecule has 33 heavy (non-hydrogen) atoms. The molecule has 1 aromatic carbocycles. The van der Waals surface area contributed by atoms with Crippen molar-refractivity contribution in [2.24, 2.45) is 0 Å². The van der Waals surface area contributed by atoms with Crippen LogP contribution in [0, 0.1) is 0 Å². The van der Waals surface area contributed by atoms with E-state index in [1.54, 1.807) is 13.8 Å². The van der Waals surface area contributed by atoms with Gasteiger partial charge in [-0.3, -0.25) is 9.59 Å². The molecule has 0 saturated heterocycles. The molecule has 0 aliphatic heterocycles. The molecule has 0 radical (unpaired) electrons. The number of rotatable bonds is 12. The van der Waals surface area contributed by atoms with E-state index in [0.29, 0.717) is 0 Å². The number of benzene rings is 1. The summed E-state index contributed by atoms with van der Waals surface area (Å²) in [6.45, 7) is 3.60. The molecule has 0 aliphatic rings. The van der Waals surface area contributed by atoms with E-state index >= 15 is 0 Å². The van der Waals surface area contributed by atoms with Crippen molar-refractivity contribution in [1.82, 2.24) is 4.57 Å². The molecular formula is C23H28N2O8. The van der Waals surface area contributed by atoms with Gasteiger partial charge in [0.05, 0.1) is 38.9 Å². The lowest BCUT2D eigenvalue weighted by Gasteiger charge is -2.13. The van der Waals surface area contributed by atoms with Crippen LogP contribution in [-0.2, 0) is 41.9 Å². The van der Waals surface area contributed by atoms with E-state index in [1.165, 1.54) is 17.9 Å². The van der Waals surface area contributed by atoms with E-state index in [-0.39, 0.29) is 56.3 Å². The van der Waals surface area contributed by atoms with E-state index < -0.39 is 23.8 Å². The molecule has 0 atom stereocenters. The fourth-order valence-electron chi connectivity index (χ4n) is 2.91. The highest BCUT2D eigenvalue weighted by Crippen LogP contribution is 2.26. The number of amides is 1. The highest BCUT2D eigenvalue weighted by Gasteiger charge is 2.29. The van der Waals surface area contributed by atoms with Crippen molar-refractivity contribution >= 4 is 29.6 Å². The highest BCUT2D eigenvalue weighted by molar-refractivity contribution is 6.09.